The molecule has 0 N–H and O–H groups in total. The second kappa shape index (κ2) is 13.2. The SMILES string of the molecule is C1=C(c2ccc(-c3nc(-c4ccccc4)nc(-c4ccc(-c5cc(-c6ccccc6)cc6sc7ccccc7c56)cc4)n3)cc2)CCc2ccccc21. The van der Waals surface area contributed by atoms with Crippen molar-refractivity contribution >= 4 is 43.2 Å². The van der Waals surface area contributed by atoms with E-state index in [9.17, 15) is 0 Å². The van der Waals surface area contributed by atoms with Crippen LogP contribution in [0.2, 0.25) is 0 Å². The van der Waals surface area contributed by atoms with Crippen molar-refractivity contribution in [1.29, 1.82) is 0 Å². The van der Waals surface area contributed by atoms with E-state index in [1.165, 1.54) is 59.1 Å². The van der Waals surface area contributed by atoms with Gasteiger partial charge in [-0.3, -0.25) is 0 Å². The van der Waals surface area contributed by atoms with Crippen LogP contribution in [0.4, 0.5) is 0 Å². The first-order valence-electron chi connectivity index (χ1n) is 18.1. The topological polar surface area (TPSA) is 38.7 Å². The molecule has 0 unspecified atom stereocenters. The molecular weight excluding hydrogens is 663 g/mol. The van der Waals surface area contributed by atoms with Gasteiger partial charge >= 0.3 is 0 Å². The fourth-order valence-corrected chi connectivity index (χ4v) is 8.69. The van der Waals surface area contributed by atoms with Crippen molar-refractivity contribution < 1.29 is 0 Å². The predicted octanol–water partition coefficient (Wildman–Crippen LogP) is 13.1. The van der Waals surface area contributed by atoms with Gasteiger partial charge in [0.25, 0.3) is 0 Å². The van der Waals surface area contributed by atoms with Gasteiger partial charge < -0.3 is 0 Å². The minimum atomic E-state index is 0.653. The first kappa shape index (κ1) is 31.3. The van der Waals surface area contributed by atoms with Crippen LogP contribution in [0.15, 0.2) is 170 Å². The van der Waals surface area contributed by atoms with Gasteiger partial charge in [0.05, 0.1) is 0 Å². The molecule has 0 fully saturated rings. The average molecular weight is 696 g/mol. The quantitative estimate of drug-likeness (QED) is 0.174. The van der Waals surface area contributed by atoms with Crippen LogP contribution in [0.1, 0.15) is 23.1 Å². The third-order valence-electron chi connectivity index (χ3n) is 10.3. The van der Waals surface area contributed by atoms with Gasteiger partial charge in [0.1, 0.15) is 0 Å². The van der Waals surface area contributed by atoms with Crippen LogP contribution in [0.25, 0.3) is 88.2 Å². The molecule has 3 nitrogen and oxygen atoms in total. The Labute approximate surface area is 312 Å². The third kappa shape index (κ3) is 5.93. The van der Waals surface area contributed by atoms with Crippen molar-refractivity contribution in [3.05, 3.63) is 187 Å². The van der Waals surface area contributed by atoms with Crippen molar-refractivity contribution in [3.63, 3.8) is 0 Å². The van der Waals surface area contributed by atoms with Crippen molar-refractivity contribution in [2.75, 3.05) is 0 Å². The maximum atomic E-state index is 5.07. The van der Waals surface area contributed by atoms with E-state index in [4.69, 9.17) is 15.0 Å². The summed E-state index contributed by atoms with van der Waals surface area (Å²) in [6.07, 6.45) is 4.42. The summed E-state index contributed by atoms with van der Waals surface area (Å²) in [6.45, 7) is 0. The summed E-state index contributed by atoms with van der Waals surface area (Å²) < 4.78 is 2.59. The fraction of sp³-hybridized carbons (Fsp3) is 0.0408. The number of aromatic nitrogens is 3. The number of hydrogen-bond donors (Lipinski definition) is 0. The zero-order valence-electron chi connectivity index (χ0n) is 28.9. The number of thiophene rings is 1. The van der Waals surface area contributed by atoms with Crippen LogP contribution >= 0.6 is 11.3 Å². The molecule has 1 aliphatic carbocycles. The summed E-state index contributed by atoms with van der Waals surface area (Å²) in [5.41, 5.74) is 13.0. The Balaban J connectivity index is 1.05. The molecule has 0 spiro atoms. The van der Waals surface area contributed by atoms with E-state index in [-0.39, 0.29) is 0 Å². The molecule has 0 radical (unpaired) electrons. The van der Waals surface area contributed by atoms with Gasteiger partial charge in [-0.05, 0) is 75.6 Å². The molecule has 0 bridgehead atoms. The standard InChI is InChI=1S/C49H33N3S/c1-3-11-32(12-4-1)41-30-43(46-42-17-9-10-18-44(42)53-45(46)31-41)35-22-26-38(27-23-35)49-51-47(36-14-5-2-6-15-36)50-48(52-49)37-24-19-34(20-25-37)40-28-21-33-13-7-8-16-39(33)29-40/h1-20,22-27,29-31H,21,28H2. The number of rotatable bonds is 6. The highest BCUT2D eigenvalue weighted by Crippen LogP contribution is 2.43. The van der Waals surface area contributed by atoms with Gasteiger partial charge in [0.2, 0.25) is 0 Å². The van der Waals surface area contributed by atoms with E-state index >= 15 is 0 Å². The zero-order chi connectivity index (χ0) is 35.1. The molecule has 2 heterocycles. The maximum absolute atomic E-state index is 5.07. The summed E-state index contributed by atoms with van der Waals surface area (Å²) in [7, 11) is 0. The van der Waals surface area contributed by atoms with Gasteiger partial charge in [-0.15, -0.1) is 11.3 Å². The number of allylic oxidation sites excluding steroid dienone is 1. The van der Waals surface area contributed by atoms with Crippen LogP contribution in [0.3, 0.4) is 0 Å². The van der Waals surface area contributed by atoms with Crippen molar-refractivity contribution in [2.45, 2.75) is 12.8 Å². The molecule has 1 aliphatic rings. The molecule has 10 rings (SSSR count). The lowest BCUT2D eigenvalue weighted by atomic mass is 9.88. The van der Waals surface area contributed by atoms with Crippen LogP contribution in [0.5, 0.6) is 0 Å². The number of hydrogen-bond acceptors (Lipinski definition) is 4. The molecule has 0 saturated carbocycles. The summed E-state index contributed by atoms with van der Waals surface area (Å²) >= 11 is 1.85. The summed E-state index contributed by atoms with van der Waals surface area (Å²) in [5.74, 6) is 1.97. The average Bonchev–Trinajstić information content (AvgIpc) is 3.62. The lowest BCUT2D eigenvalue weighted by Gasteiger charge is -2.17. The molecule has 0 amide bonds. The first-order chi connectivity index (χ1) is 26.2. The van der Waals surface area contributed by atoms with Crippen LogP contribution in [-0.4, -0.2) is 15.0 Å². The van der Waals surface area contributed by atoms with Gasteiger partial charge in [-0.1, -0.05) is 158 Å². The highest BCUT2D eigenvalue weighted by Gasteiger charge is 2.17. The molecule has 0 saturated heterocycles. The lowest BCUT2D eigenvalue weighted by molar-refractivity contribution is 1.00. The molecule has 250 valence electrons. The normalized spacial score (nSPS) is 12.5. The Morgan fingerprint density at radius 1 is 0.396 bits per heavy atom. The Hall–Kier alpha value is -6.49. The van der Waals surface area contributed by atoms with Crippen LogP contribution < -0.4 is 0 Å². The fourth-order valence-electron chi connectivity index (χ4n) is 7.52. The van der Waals surface area contributed by atoms with E-state index in [0.29, 0.717) is 17.5 Å². The Morgan fingerprint density at radius 2 is 0.943 bits per heavy atom. The summed E-state index contributed by atoms with van der Waals surface area (Å²) in [4.78, 5) is 15.1. The maximum Gasteiger partial charge on any atom is 0.164 e. The van der Waals surface area contributed by atoms with Gasteiger partial charge in [-0.2, -0.15) is 0 Å². The van der Waals surface area contributed by atoms with E-state index in [2.05, 4.69) is 158 Å². The van der Waals surface area contributed by atoms with E-state index < -0.39 is 0 Å². The van der Waals surface area contributed by atoms with Crippen molar-refractivity contribution in [2.24, 2.45) is 0 Å². The second-order valence-electron chi connectivity index (χ2n) is 13.6. The lowest BCUT2D eigenvalue weighted by Crippen LogP contribution is -2.01. The minimum absolute atomic E-state index is 0.653. The summed E-state index contributed by atoms with van der Waals surface area (Å²) in [6, 6.07) is 60.3. The molecule has 0 atom stereocenters. The number of nitrogens with zero attached hydrogens (tertiary/aromatic N) is 3. The van der Waals surface area contributed by atoms with Crippen molar-refractivity contribution in [3.8, 4) is 56.4 Å². The van der Waals surface area contributed by atoms with Gasteiger partial charge in [0, 0.05) is 36.9 Å². The third-order valence-corrected chi connectivity index (χ3v) is 11.4. The molecule has 0 aliphatic heterocycles. The second-order valence-corrected chi connectivity index (χ2v) is 14.6. The molecule has 4 heteroatoms. The molecule has 2 aromatic heterocycles. The Bertz CT molecular complexity index is 2800. The number of fused-ring (bicyclic) bond motifs is 4. The Kier molecular flexibility index (Phi) is 7.81. The molecule has 7 aromatic carbocycles. The molecule has 9 aromatic rings. The zero-order valence-corrected chi connectivity index (χ0v) is 29.7. The first-order valence-corrected chi connectivity index (χ1v) is 18.9. The number of benzene rings is 7. The van der Waals surface area contributed by atoms with E-state index in [1.54, 1.807) is 0 Å². The summed E-state index contributed by atoms with van der Waals surface area (Å²) in [5, 5.41) is 2.58. The largest absolute Gasteiger partial charge is 0.208 e. The molecular formula is C49H33N3S. The van der Waals surface area contributed by atoms with Gasteiger partial charge in [0.15, 0.2) is 17.5 Å². The molecule has 53 heavy (non-hydrogen) atoms. The van der Waals surface area contributed by atoms with Gasteiger partial charge in [-0.25, -0.2) is 15.0 Å². The predicted molar refractivity (Wildman–Crippen MR) is 223 cm³/mol. The van der Waals surface area contributed by atoms with E-state index in [1.807, 2.05) is 29.5 Å². The minimum Gasteiger partial charge on any atom is -0.208 e. The number of aryl methyl sites for hydroxylation is 1. The van der Waals surface area contributed by atoms with Crippen LogP contribution in [0, 0.1) is 0 Å². The highest BCUT2D eigenvalue weighted by molar-refractivity contribution is 7.26. The Morgan fingerprint density at radius 3 is 1.64 bits per heavy atom. The van der Waals surface area contributed by atoms with Crippen LogP contribution in [-0.2, 0) is 6.42 Å². The highest BCUT2D eigenvalue weighted by atomic mass is 32.1. The monoisotopic (exact) mass is 695 g/mol. The smallest absolute Gasteiger partial charge is 0.164 e. The van der Waals surface area contributed by atoms with Crippen molar-refractivity contribution in [1.82, 2.24) is 15.0 Å². The van der Waals surface area contributed by atoms with E-state index in [0.717, 1.165) is 35.1 Å².